The van der Waals surface area contributed by atoms with Gasteiger partial charge in [-0.15, -0.1) is 0 Å². The molecule has 22 heavy (non-hydrogen) atoms. The van der Waals surface area contributed by atoms with E-state index in [2.05, 4.69) is 5.10 Å². The molecule has 1 aliphatic heterocycles. The molecule has 1 aromatic heterocycles. The van der Waals surface area contributed by atoms with Crippen molar-refractivity contribution in [3.63, 3.8) is 0 Å². The van der Waals surface area contributed by atoms with Crippen LogP contribution in [0.3, 0.4) is 0 Å². The third-order valence-electron chi connectivity index (χ3n) is 4.11. The van der Waals surface area contributed by atoms with Gasteiger partial charge in [-0.3, -0.25) is 9.48 Å². The maximum Gasteiger partial charge on any atom is 0.253 e. The van der Waals surface area contributed by atoms with Gasteiger partial charge in [0.2, 0.25) is 0 Å². The average Bonchev–Trinajstić information content (AvgIpc) is 3.03. The maximum atomic E-state index is 12.4. The number of aliphatic hydroxyl groups excluding tert-OH is 1. The molecule has 1 aromatic carbocycles. The molecular weight excluding hydrogens is 278 g/mol. The molecule has 0 aliphatic carbocycles. The average molecular weight is 299 g/mol. The Balaban J connectivity index is 1.74. The second kappa shape index (κ2) is 6.32. The Morgan fingerprint density at radius 2 is 2.09 bits per heavy atom. The van der Waals surface area contributed by atoms with Crippen molar-refractivity contribution in [3.8, 4) is 11.1 Å². The van der Waals surface area contributed by atoms with Crippen LogP contribution < -0.4 is 0 Å². The first-order valence-electron chi connectivity index (χ1n) is 7.77. The van der Waals surface area contributed by atoms with Crippen LogP contribution in [0.15, 0.2) is 36.7 Å². The molecule has 2 aromatic rings. The molecule has 1 unspecified atom stereocenters. The molecule has 1 amide bonds. The molecule has 1 saturated heterocycles. The van der Waals surface area contributed by atoms with E-state index in [4.69, 9.17) is 0 Å². The van der Waals surface area contributed by atoms with E-state index in [-0.39, 0.29) is 5.91 Å². The van der Waals surface area contributed by atoms with Gasteiger partial charge >= 0.3 is 0 Å². The van der Waals surface area contributed by atoms with Crippen LogP contribution in [0.5, 0.6) is 0 Å². The Hall–Kier alpha value is -2.14. The van der Waals surface area contributed by atoms with Gasteiger partial charge in [-0.05, 0) is 37.5 Å². The summed E-state index contributed by atoms with van der Waals surface area (Å²) in [5, 5.41) is 14.0. The number of hydrogen-bond acceptors (Lipinski definition) is 3. The molecule has 116 valence electrons. The fourth-order valence-electron chi connectivity index (χ4n) is 2.81. The second-order valence-corrected chi connectivity index (χ2v) is 5.71. The maximum absolute atomic E-state index is 12.4. The molecule has 5 nitrogen and oxygen atoms in total. The lowest BCUT2D eigenvalue weighted by Gasteiger charge is -2.30. The summed E-state index contributed by atoms with van der Waals surface area (Å²) >= 11 is 0. The number of piperidine rings is 1. The van der Waals surface area contributed by atoms with Crippen molar-refractivity contribution in [2.24, 2.45) is 0 Å². The number of aromatic nitrogens is 2. The van der Waals surface area contributed by atoms with Crippen molar-refractivity contribution in [2.75, 3.05) is 13.1 Å². The SMILES string of the molecule is CCn1cc(-c2ccc(C(=O)N3CCCC(O)C3)cc2)cn1. The number of aliphatic hydroxyl groups is 1. The summed E-state index contributed by atoms with van der Waals surface area (Å²) in [7, 11) is 0. The zero-order chi connectivity index (χ0) is 15.5. The van der Waals surface area contributed by atoms with Crippen LogP contribution in [0.1, 0.15) is 30.1 Å². The lowest BCUT2D eigenvalue weighted by molar-refractivity contribution is 0.0474. The molecule has 0 saturated carbocycles. The largest absolute Gasteiger partial charge is 0.391 e. The molecule has 3 rings (SSSR count). The van der Waals surface area contributed by atoms with Crippen molar-refractivity contribution >= 4 is 5.91 Å². The fraction of sp³-hybridized carbons (Fsp3) is 0.412. The standard InChI is InChI=1S/C17H21N3O2/c1-2-20-11-15(10-18-20)13-5-7-14(8-6-13)17(22)19-9-3-4-16(21)12-19/h5-8,10-11,16,21H,2-4,9,12H2,1H3. The second-order valence-electron chi connectivity index (χ2n) is 5.71. The van der Waals surface area contributed by atoms with Crippen molar-refractivity contribution in [1.82, 2.24) is 14.7 Å². The minimum absolute atomic E-state index is 0.00504. The van der Waals surface area contributed by atoms with Crippen molar-refractivity contribution in [3.05, 3.63) is 42.2 Å². The van der Waals surface area contributed by atoms with E-state index in [9.17, 15) is 9.90 Å². The molecule has 0 radical (unpaired) electrons. The van der Waals surface area contributed by atoms with Crippen LogP contribution in [0.4, 0.5) is 0 Å². The minimum atomic E-state index is -0.392. The first-order chi connectivity index (χ1) is 10.7. The van der Waals surface area contributed by atoms with Gasteiger partial charge < -0.3 is 10.0 Å². The van der Waals surface area contributed by atoms with Gasteiger partial charge in [0.1, 0.15) is 0 Å². The van der Waals surface area contributed by atoms with E-state index in [1.165, 1.54) is 0 Å². The molecule has 5 heteroatoms. The monoisotopic (exact) mass is 299 g/mol. The molecule has 1 N–H and O–H groups in total. The summed E-state index contributed by atoms with van der Waals surface area (Å²) in [5.74, 6) is -0.00504. The molecule has 1 atom stereocenters. The highest BCUT2D eigenvalue weighted by molar-refractivity contribution is 5.94. The van der Waals surface area contributed by atoms with Gasteiger partial charge in [-0.2, -0.15) is 5.10 Å². The zero-order valence-electron chi connectivity index (χ0n) is 12.8. The summed E-state index contributed by atoms with van der Waals surface area (Å²) in [5.41, 5.74) is 2.77. The zero-order valence-corrected chi connectivity index (χ0v) is 12.8. The van der Waals surface area contributed by atoms with Crippen LogP contribution in [0.25, 0.3) is 11.1 Å². The Labute approximate surface area is 130 Å². The predicted molar refractivity (Wildman–Crippen MR) is 84.5 cm³/mol. The first kappa shape index (κ1) is 14.8. The summed E-state index contributed by atoms with van der Waals surface area (Å²) in [4.78, 5) is 14.2. The van der Waals surface area contributed by atoms with Crippen LogP contribution in [-0.2, 0) is 6.54 Å². The van der Waals surface area contributed by atoms with Gasteiger partial charge in [-0.25, -0.2) is 0 Å². The van der Waals surface area contributed by atoms with Crippen molar-refractivity contribution < 1.29 is 9.90 Å². The molecule has 2 heterocycles. The van der Waals surface area contributed by atoms with Gasteiger partial charge in [-0.1, -0.05) is 12.1 Å². The number of aryl methyl sites for hydroxylation is 1. The summed E-state index contributed by atoms with van der Waals surface area (Å²) < 4.78 is 1.88. The van der Waals surface area contributed by atoms with Gasteiger partial charge in [0.25, 0.3) is 5.91 Å². The third kappa shape index (κ3) is 3.04. The Morgan fingerprint density at radius 1 is 1.32 bits per heavy atom. The Kier molecular flexibility index (Phi) is 4.24. The highest BCUT2D eigenvalue weighted by Gasteiger charge is 2.22. The van der Waals surface area contributed by atoms with E-state index in [1.807, 2.05) is 48.3 Å². The van der Waals surface area contributed by atoms with Gasteiger partial charge in [0.05, 0.1) is 12.3 Å². The molecular formula is C17H21N3O2. The third-order valence-corrected chi connectivity index (χ3v) is 4.11. The van der Waals surface area contributed by atoms with Crippen LogP contribution >= 0.6 is 0 Å². The lowest BCUT2D eigenvalue weighted by Crippen LogP contribution is -2.42. The number of β-amino-alcohol motifs (C(OH)–C–C–N with tert-alkyl or cyclic N) is 1. The number of benzene rings is 1. The first-order valence-corrected chi connectivity index (χ1v) is 7.77. The highest BCUT2D eigenvalue weighted by Crippen LogP contribution is 2.20. The number of likely N-dealkylation sites (tertiary alicyclic amines) is 1. The summed E-state index contributed by atoms with van der Waals surface area (Å²) in [6.45, 7) is 4.05. The van der Waals surface area contributed by atoms with E-state index in [1.54, 1.807) is 4.90 Å². The molecule has 1 fully saturated rings. The van der Waals surface area contributed by atoms with Crippen LogP contribution in [-0.4, -0.2) is 44.9 Å². The number of rotatable bonds is 3. The van der Waals surface area contributed by atoms with Gasteiger partial charge in [0, 0.05) is 37.0 Å². The number of amides is 1. The van der Waals surface area contributed by atoms with Crippen LogP contribution in [0, 0.1) is 0 Å². The molecule has 1 aliphatic rings. The lowest BCUT2D eigenvalue weighted by atomic mass is 10.0. The Bertz CT molecular complexity index is 648. The van der Waals surface area contributed by atoms with Crippen LogP contribution in [0.2, 0.25) is 0 Å². The van der Waals surface area contributed by atoms with Crippen molar-refractivity contribution in [1.29, 1.82) is 0 Å². The number of carbonyl (C=O) groups excluding carboxylic acids is 1. The Morgan fingerprint density at radius 3 is 2.73 bits per heavy atom. The molecule has 0 spiro atoms. The number of nitrogens with zero attached hydrogens (tertiary/aromatic N) is 3. The quantitative estimate of drug-likeness (QED) is 0.945. The topological polar surface area (TPSA) is 58.4 Å². The normalized spacial score (nSPS) is 18.5. The van der Waals surface area contributed by atoms with Crippen molar-refractivity contribution in [2.45, 2.75) is 32.4 Å². The number of carbonyl (C=O) groups is 1. The molecule has 0 bridgehead atoms. The predicted octanol–water partition coefficient (Wildman–Crippen LogP) is 2.17. The van der Waals surface area contributed by atoms with E-state index in [0.29, 0.717) is 12.1 Å². The smallest absolute Gasteiger partial charge is 0.253 e. The van der Waals surface area contributed by atoms with Gasteiger partial charge in [0.15, 0.2) is 0 Å². The minimum Gasteiger partial charge on any atom is -0.391 e. The highest BCUT2D eigenvalue weighted by atomic mass is 16.3. The van der Waals surface area contributed by atoms with E-state index >= 15 is 0 Å². The summed E-state index contributed by atoms with van der Waals surface area (Å²) in [6.07, 6.45) is 5.08. The van der Waals surface area contributed by atoms with E-state index in [0.717, 1.165) is 37.1 Å². The van der Waals surface area contributed by atoms with E-state index < -0.39 is 6.10 Å². The fourth-order valence-corrected chi connectivity index (χ4v) is 2.81. The summed E-state index contributed by atoms with van der Waals surface area (Å²) in [6, 6.07) is 7.60. The number of hydrogen-bond donors (Lipinski definition) is 1.